The molecule has 0 radical (unpaired) electrons. The highest BCUT2D eigenvalue weighted by Crippen LogP contribution is 2.30. The van der Waals surface area contributed by atoms with E-state index in [2.05, 4.69) is 71.3 Å². The van der Waals surface area contributed by atoms with Crippen LogP contribution in [0.4, 0.5) is 11.4 Å². The predicted octanol–water partition coefficient (Wildman–Crippen LogP) is 7.18. The minimum Gasteiger partial charge on any atom is -0.460 e. The SMILES string of the molecule is CCCCCC[C@H](C=C(c1ccc(N(C)C)cc1)c1ccc(N(C)C)cc1)C(=O)OC(C)(C)C. The molecule has 2 rings (SSSR count). The Balaban J connectivity index is 2.51. The van der Waals surface area contributed by atoms with Crippen LogP contribution in [0, 0.1) is 5.92 Å². The van der Waals surface area contributed by atoms with Crippen molar-refractivity contribution in [1.29, 1.82) is 0 Å². The molecule has 0 saturated carbocycles. The fraction of sp³-hybridized carbons (Fsp3) is 0.500. The van der Waals surface area contributed by atoms with Crippen molar-refractivity contribution in [3.63, 3.8) is 0 Å². The molecule has 0 saturated heterocycles. The second kappa shape index (κ2) is 12.6. The van der Waals surface area contributed by atoms with E-state index in [1.165, 1.54) is 12.8 Å². The number of ether oxygens (including phenoxy) is 1. The van der Waals surface area contributed by atoms with E-state index in [1.807, 2.05) is 49.0 Å². The van der Waals surface area contributed by atoms with E-state index in [4.69, 9.17) is 4.74 Å². The van der Waals surface area contributed by atoms with Gasteiger partial charge in [-0.3, -0.25) is 4.79 Å². The van der Waals surface area contributed by atoms with E-state index >= 15 is 0 Å². The monoisotopic (exact) mass is 464 g/mol. The molecule has 186 valence electrons. The number of hydrogen-bond acceptors (Lipinski definition) is 4. The Bertz CT molecular complexity index is 866. The van der Waals surface area contributed by atoms with Gasteiger partial charge in [0.1, 0.15) is 5.60 Å². The topological polar surface area (TPSA) is 32.8 Å². The normalized spacial score (nSPS) is 12.1. The summed E-state index contributed by atoms with van der Waals surface area (Å²) in [5.74, 6) is -0.426. The zero-order chi connectivity index (χ0) is 25.3. The number of hydrogen-bond donors (Lipinski definition) is 0. The van der Waals surface area contributed by atoms with Gasteiger partial charge in [-0.05, 0) is 68.2 Å². The summed E-state index contributed by atoms with van der Waals surface area (Å²) in [5.41, 5.74) is 5.06. The second-order valence-electron chi connectivity index (χ2n) is 10.5. The molecular weight excluding hydrogens is 420 g/mol. The van der Waals surface area contributed by atoms with Crippen LogP contribution in [0.3, 0.4) is 0 Å². The minimum absolute atomic E-state index is 0.142. The fourth-order valence-electron chi connectivity index (χ4n) is 3.88. The third-order valence-corrected chi connectivity index (χ3v) is 5.84. The molecule has 0 aliphatic carbocycles. The van der Waals surface area contributed by atoms with Gasteiger partial charge in [0.05, 0.1) is 5.92 Å². The average molecular weight is 465 g/mol. The molecule has 0 bridgehead atoms. The minimum atomic E-state index is -0.506. The Morgan fingerprint density at radius 3 is 1.68 bits per heavy atom. The quantitative estimate of drug-likeness (QED) is 0.260. The van der Waals surface area contributed by atoms with Gasteiger partial charge in [0, 0.05) is 39.6 Å². The first-order chi connectivity index (χ1) is 16.0. The maximum Gasteiger partial charge on any atom is 0.313 e. The summed E-state index contributed by atoms with van der Waals surface area (Å²) >= 11 is 0. The molecule has 0 aliphatic heterocycles. The zero-order valence-corrected chi connectivity index (χ0v) is 22.5. The molecule has 2 aromatic rings. The van der Waals surface area contributed by atoms with Gasteiger partial charge in [-0.1, -0.05) is 62.9 Å². The lowest BCUT2D eigenvalue weighted by Crippen LogP contribution is -2.28. The van der Waals surface area contributed by atoms with Crippen LogP contribution in [-0.4, -0.2) is 39.8 Å². The Morgan fingerprint density at radius 2 is 1.29 bits per heavy atom. The first-order valence-corrected chi connectivity index (χ1v) is 12.5. The molecule has 1 atom stereocenters. The molecule has 0 spiro atoms. The molecule has 0 aromatic heterocycles. The maximum atomic E-state index is 13.2. The van der Waals surface area contributed by atoms with Crippen LogP contribution in [0.2, 0.25) is 0 Å². The fourth-order valence-corrected chi connectivity index (χ4v) is 3.88. The van der Waals surface area contributed by atoms with Crippen LogP contribution in [0.1, 0.15) is 70.9 Å². The van der Waals surface area contributed by atoms with Crippen molar-refractivity contribution in [3.8, 4) is 0 Å². The van der Waals surface area contributed by atoms with E-state index in [0.717, 1.165) is 47.3 Å². The highest BCUT2D eigenvalue weighted by atomic mass is 16.6. The van der Waals surface area contributed by atoms with E-state index in [1.54, 1.807) is 0 Å². The molecular formula is C30H44N2O2. The number of esters is 1. The van der Waals surface area contributed by atoms with Crippen LogP contribution < -0.4 is 9.80 Å². The summed E-state index contributed by atoms with van der Waals surface area (Å²) in [7, 11) is 8.17. The molecule has 0 heterocycles. The van der Waals surface area contributed by atoms with Gasteiger partial charge >= 0.3 is 5.97 Å². The highest BCUT2D eigenvalue weighted by molar-refractivity contribution is 5.85. The number of nitrogens with zero attached hydrogens (tertiary/aromatic N) is 2. The van der Waals surface area contributed by atoms with Crippen molar-refractivity contribution in [2.75, 3.05) is 38.0 Å². The van der Waals surface area contributed by atoms with Gasteiger partial charge in [0.2, 0.25) is 0 Å². The molecule has 2 aromatic carbocycles. The molecule has 0 unspecified atom stereocenters. The number of rotatable bonds is 11. The predicted molar refractivity (Wildman–Crippen MR) is 147 cm³/mol. The lowest BCUT2D eigenvalue weighted by molar-refractivity contribution is -0.158. The summed E-state index contributed by atoms with van der Waals surface area (Å²) < 4.78 is 5.83. The number of benzene rings is 2. The molecule has 34 heavy (non-hydrogen) atoms. The van der Waals surface area contributed by atoms with Crippen LogP contribution in [0.25, 0.3) is 5.57 Å². The van der Waals surface area contributed by atoms with Crippen molar-refractivity contribution in [1.82, 2.24) is 0 Å². The van der Waals surface area contributed by atoms with Crippen molar-refractivity contribution in [2.24, 2.45) is 5.92 Å². The molecule has 0 N–H and O–H groups in total. The van der Waals surface area contributed by atoms with Crippen molar-refractivity contribution in [2.45, 2.75) is 65.4 Å². The first-order valence-electron chi connectivity index (χ1n) is 12.5. The van der Waals surface area contributed by atoms with Gasteiger partial charge in [-0.15, -0.1) is 0 Å². The van der Waals surface area contributed by atoms with Crippen LogP contribution in [-0.2, 0) is 9.53 Å². The summed E-state index contributed by atoms with van der Waals surface area (Å²) in [5, 5.41) is 0. The standard InChI is InChI=1S/C30H44N2O2/c1-9-10-11-12-13-25(29(33)34-30(2,3)4)22-28(23-14-18-26(19-15-23)31(5)6)24-16-20-27(21-17-24)32(7)8/h14-22,25H,9-13H2,1-8H3/t25-/m1/s1. The Morgan fingerprint density at radius 1 is 0.824 bits per heavy atom. The van der Waals surface area contributed by atoms with Gasteiger partial charge in [0.15, 0.2) is 0 Å². The Hall–Kier alpha value is -2.75. The van der Waals surface area contributed by atoms with E-state index in [-0.39, 0.29) is 11.9 Å². The largest absolute Gasteiger partial charge is 0.460 e. The molecule has 4 nitrogen and oxygen atoms in total. The summed E-state index contributed by atoms with van der Waals surface area (Å²) in [6.07, 6.45) is 7.44. The third-order valence-electron chi connectivity index (χ3n) is 5.84. The lowest BCUT2D eigenvalue weighted by atomic mass is 9.91. The Kier molecular flexibility index (Phi) is 10.2. The van der Waals surface area contributed by atoms with Gasteiger partial charge < -0.3 is 14.5 Å². The van der Waals surface area contributed by atoms with Gasteiger partial charge in [-0.25, -0.2) is 0 Å². The van der Waals surface area contributed by atoms with Crippen LogP contribution >= 0.6 is 0 Å². The molecule has 0 amide bonds. The van der Waals surface area contributed by atoms with E-state index in [9.17, 15) is 4.79 Å². The van der Waals surface area contributed by atoms with E-state index in [0.29, 0.717) is 0 Å². The third kappa shape index (κ3) is 8.55. The van der Waals surface area contributed by atoms with Gasteiger partial charge in [-0.2, -0.15) is 0 Å². The smallest absolute Gasteiger partial charge is 0.313 e. The number of carbonyl (C=O) groups excluding carboxylic acids is 1. The van der Waals surface area contributed by atoms with Crippen molar-refractivity contribution >= 4 is 22.9 Å². The summed E-state index contributed by atoms with van der Waals surface area (Å²) in [6.45, 7) is 8.01. The van der Waals surface area contributed by atoms with Gasteiger partial charge in [0.25, 0.3) is 0 Å². The first kappa shape index (κ1) is 27.5. The lowest BCUT2D eigenvalue weighted by Gasteiger charge is -2.24. The highest BCUT2D eigenvalue weighted by Gasteiger charge is 2.24. The van der Waals surface area contributed by atoms with Crippen molar-refractivity contribution in [3.05, 3.63) is 65.7 Å². The second-order valence-corrected chi connectivity index (χ2v) is 10.5. The van der Waals surface area contributed by atoms with Crippen molar-refractivity contribution < 1.29 is 9.53 Å². The van der Waals surface area contributed by atoms with Crippen LogP contribution in [0.5, 0.6) is 0 Å². The Labute approximate surface area is 207 Å². The molecule has 4 heteroatoms. The molecule has 0 fully saturated rings. The zero-order valence-electron chi connectivity index (χ0n) is 22.5. The summed E-state index contributed by atoms with van der Waals surface area (Å²) in [4.78, 5) is 17.4. The average Bonchev–Trinajstić information content (AvgIpc) is 2.77. The number of anilines is 2. The number of unbranched alkanes of at least 4 members (excludes halogenated alkanes) is 3. The number of carbonyl (C=O) groups is 1. The maximum absolute atomic E-state index is 13.2. The van der Waals surface area contributed by atoms with E-state index < -0.39 is 5.60 Å². The molecule has 0 aliphatic rings. The van der Waals surface area contributed by atoms with Crippen LogP contribution in [0.15, 0.2) is 54.6 Å². The summed E-state index contributed by atoms with van der Waals surface area (Å²) in [6, 6.07) is 17.1.